The summed E-state index contributed by atoms with van der Waals surface area (Å²) < 4.78 is 0. The number of rotatable bonds is 4. The second kappa shape index (κ2) is 5.43. The summed E-state index contributed by atoms with van der Waals surface area (Å²) in [4.78, 5) is 4.60. The van der Waals surface area contributed by atoms with E-state index in [4.69, 9.17) is 5.73 Å². The quantitative estimate of drug-likeness (QED) is 0.901. The Balaban J connectivity index is 2.13. The number of hydrogen-bond donors (Lipinski definition) is 1. The first-order valence-corrected chi connectivity index (χ1v) is 6.76. The van der Waals surface area contributed by atoms with Gasteiger partial charge in [0.25, 0.3) is 0 Å². The van der Waals surface area contributed by atoms with Gasteiger partial charge < -0.3 is 5.73 Å². The van der Waals surface area contributed by atoms with E-state index in [1.165, 1.54) is 16.7 Å². The fourth-order valence-corrected chi connectivity index (χ4v) is 2.72. The largest absolute Gasteiger partial charge is 0.330 e. The maximum absolute atomic E-state index is 5.53. The molecule has 0 aliphatic heterocycles. The molecule has 90 valence electrons. The molecule has 2 rings (SSSR count). The fourth-order valence-electron chi connectivity index (χ4n) is 1.91. The lowest BCUT2D eigenvalue weighted by Crippen LogP contribution is -2.02. The molecule has 2 N–H and O–H groups in total. The van der Waals surface area contributed by atoms with E-state index in [-0.39, 0.29) is 0 Å². The van der Waals surface area contributed by atoms with E-state index in [2.05, 4.69) is 42.4 Å². The molecule has 2 nitrogen and oxygen atoms in total. The van der Waals surface area contributed by atoms with Crippen molar-refractivity contribution in [1.82, 2.24) is 4.98 Å². The number of aromatic nitrogens is 1. The Hall–Kier alpha value is -1.19. The number of aryl methyl sites for hydroxylation is 2. The Morgan fingerprint density at radius 3 is 2.82 bits per heavy atom. The topological polar surface area (TPSA) is 38.9 Å². The Kier molecular flexibility index (Phi) is 3.92. The predicted octanol–water partition coefficient (Wildman–Crippen LogP) is 2.85. The molecule has 0 spiro atoms. The molecule has 0 aliphatic carbocycles. The third kappa shape index (κ3) is 3.14. The summed E-state index contributed by atoms with van der Waals surface area (Å²) in [5, 5.41) is 3.29. The van der Waals surface area contributed by atoms with Crippen LogP contribution in [0, 0.1) is 13.8 Å². The molecule has 0 fully saturated rings. The second-order valence-corrected chi connectivity index (χ2v) is 5.32. The third-order valence-corrected chi connectivity index (χ3v) is 3.78. The van der Waals surface area contributed by atoms with Crippen LogP contribution in [0.1, 0.15) is 27.4 Å². The lowest BCUT2D eigenvalue weighted by atomic mass is 10.0. The van der Waals surface area contributed by atoms with Crippen LogP contribution in [0.2, 0.25) is 0 Å². The minimum atomic E-state index is 0.677. The normalized spacial score (nSPS) is 10.8. The Morgan fingerprint density at radius 1 is 1.29 bits per heavy atom. The maximum Gasteiger partial charge on any atom is 0.0940 e. The highest BCUT2D eigenvalue weighted by molar-refractivity contribution is 7.09. The van der Waals surface area contributed by atoms with Crippen LogP contribution in [0.5, 0.6) is 0 Å². The van der Waals surface area contributed by atoms with Crippen LogP contribution in [-0.4, -0.2) is 11.5 Å². The second-order valence-electron chi connectivity index (χ2n) is 4.38. The van der Waals surface area contributed by atoms with Gasteiger partial charge in [0, 0.05) is 18.2 Å². The predicted molar refractivity (Wildman–Crippen MR) is 73.6 cm³/mol. The van der Waals surface area contributed by atoms with Gasteiger partial charge in [0.2, 0.25) is 0 Å². The summed E-state index contributed by atoms with van der Waals surface area (Å²) in [6.45, 7) is 4.96. The molecule has 1 aromatic heterocycles. The van der Waals surface area contributed by atoms with Gasteiger partial charge in [-0.05, 0) is 31.5 Å². The highest BCUT2D eigenvalue weighted by Gasteiger charge is 2.04. The third-order valence-electron chi connectivity index (χ3n) is 2.83. The average Bonchev–Trinajstić information content (AvgIpc) is 2.71. The molecular weight excluding hydrogens is 228 g/mol. The SMILES string of the molecule is Cc1ccc(Cc2csc(CCN)n2)c(C)c1. The first-order chi connectivity index (χ1) is 8.19. The molecule has 0 aliphatic rings. The highest BCUT2D eigenvalue weighted by atomic mass is 32.1. The molecule has 0 unspecified atom stereocenters. The van der Waals surface area contributed by atoms with Gasteiger partial charge >= 0.3 is 0 Å². The lowest BCUT2D eigenvalue weighted by molar-refractivity contribution is 0.935. The molecule has 0 bridgehead atoms. The summed E-state index contributed by atoms with van der Waals surface area (Å²) in [5.41, 5.74) is 10.7. The van der Waals surface area contributed by atoms with Crippen molar-refractivity contribution >= 4 is 11.3 Å². The Labute approximate surface area is 107 Å². The van der Waals surface area contributed by atoms with Crippen molar-refractivity contribution in [2.24, 2.45) is 5.73 Å². The van der Waals surface area contributed by atoms with E-state index >= 15 is 0 Å². The number of nitrogens with zero attached hydrogens (tertiary/aromatic N) is 1. The van der Waals surface area contributed by atoms with Crippen LogP contribution >= 0.6 is 11.3 Å². The van der Waals surface area contributed by atoms with E-state index in [0.717, 1.165) is 23.5 Å². The van der Waals surface area contributed by atoms with Crippen LogP contribution < -0.4 is 5.73 Å². The lowest BCUT2D eigenvalue weighted by Gasteiger charge is -2.04. The molecule has 0 atom stereocenters. The van der Waals surface area contributed by atoms with Crippen LogP contribution in [0.4, 0.5) is 0 Å². The first-order valence-electron chi connectivity index (χ1n) is 5.88. The van der Waals surface area contributed by atoms with Crippen LogP contribution in [0.15, 0.2) is 23.6 Å². The number of benzene rings is 1. The Morgan fingerprint density at radius 2 is 2.12 bits per heavy atom. The average molecular weight is 246 g/mol. The van der Waals surface area contributed by atoms with Gasteiger partial charge in [-0.1, -0.05) is 23.8 Å². The van der Waals surface area contributed by atoms with Gasteiger partial charge in [-0.3, -0.25) is 0 Å². The zero-order valence-corrected chi connectivity index (χ0v) is 11.2. The van der Waals surface area contributed by atoms with Gasteiger partial charge in [-0.25, -0.2) is 4.98 Å². The smallest absolute Gasteiger partial charge is 0.0940 e. The van der Waals surface area contributed by atoms with Gasteiger partial charge in [0.1, 0.15) is 0 Å². The standard InChI is InChI=1S/C14H18N2S/c1-10-3-4-12(11(2)7-10)8-13-9-17-14(16-13)5-6-15/h3-4,7,9H,5-6,8,15H2,1-2H3. The van der Waals surface area contributed by atoms with Crippen LogP contribution in [0.3, 0.4) is 0 Å². The Bertz CT molecular complexity index is 503. The summed E-state index contributed by atoms with van der Waals surface area (Å²) in [6, 6.07) is 6.59. The molecule has 0 radical (unpaired) electrons. The molecule has 2 aromatic rings. The number of nitrogens with two attached hydrogens (primary N) is 1. The number of hydrogen-bond acceptors (Lipinski definition) is 3. The summed E-state index contributed by atoms with van der Waals surface area (Å²) in [6.07, 6.45) is 1.81. The molecule has 1 aromatic carbocycles. The van der Waals surface area contributed by atoms with Crippen molar-refractivity contribution < 1.29 is 0 Å². The minimum Gasteiger partial charge on any atom is -0.330 e. The monoisotopic (exact) mass is 246 g/mol. The van der Waals surface area contributed by atoms with Crippen LogP contribution in [-0.2, 0) is 12.8 Å². The van der Waals surface area contributed by atoms with Crippen molar-refractivity contribution in [3.63, 3.8) is 0 Å². The van der Waals surface area contributed by atoms with Crippen molar-refractivity contribution in [1.29, 1.82) is 0 Å². The number of thiazole rings is 1. The fraction of sp³-hybridized carbons (Fsp3) is 0.357. The van der Waals surface area contributed by atoms with Gasteiger partial charge in [0.15, 0.2) is 0 Å². The minimum absolute atomic E-state index is 0.677. The molecule has 17 heavy (non-hydrogen) atoms. The molecule has 0 saturated carbocycles. The summed E-state index contributed by atoms with van der Waals surface area (Å²) in [7, 11) is 0. The first kappa shape index (κ1) is 12.3. The summed E-state index contributed by atoms with van der Waals surface area (Å²) in [5.74, 6) is 0. The van der Waals surface area contributed by atoms with Crippen LogP contribution in [0.25, 0.3) is 0 Å². The maximum atomic E-state index is 5.53. The van der Waals surface area contributed by atoms with Crippen molar-refractivity contribution in [2.45, 2.75) is 26.7 Å². The zero-order chi connectivity index (χ0) is 12.3. The molecule has 1 heterocycles. The van der Waals surface area contributed by atoms with E-state index in [9.17, 15) is 0 Å². The van der Waals surface area contributed by atoms with E-state index in [1.54, 1.807) is 11.3 Å². The van der Waals surface area contributed by atoms with E-state index in [0.29, 0.717) is 6.54 Å². The van der Waals surface area contributed by atoms with Gasteiger partial charge in [0.05, 0.1) is 10.7 Å². The molecule has 0 saturated heterocycles. The highest BCUT2D eigenvalue weighted by Crippen LogP contribution is 2.17. The van der Waals surface area contributed by atoms with E-state index in [1.807, 2.05) is 0 Å². The van der Waals surface area contributed by atoms with Gasteiger partial charge in [-0.15, -0.1) is 11.3 Å². The van der Waals surface area contributed by atoms with Crippen molar-refractivity contribution in [3.05, 3.63) is 51.0 Å². The summed E-state index contributed by atoms with van der Waals surface area (Å²) >= 11 is 1.71. The molecule has 3 heteroatoms. The molecule has 0 amide bonds. The van der Waals surface area contributed by atoms with Crippen molar-refractivity contribution in [2.75, 3.05) is 6.54 Å². The molecular formula is C14H18N2S. The van der Waals surface area contributed by atoms with E-state index < -0.39 is 0 Å². The van der Waals surface area contributed by atoms with Gasteiger partial charge in [-0.2, -0.15) is 0 Å². The van der Waals surface area contributed by atoms with Crippen molar-refractivity contribution in [3.8, 4) is 0 Å². The zero-order valence-electron chi connectivity index (χ0n) is 10.4.